The number of ether oxygens (including phenoxy) is 2. The van der Waals surface area contributed by atoms with Crippen LogP contribution in [0.5, 0.6) is 5.75 Å². The van der Waals surface area contributed by atoms with Crippen molar-refractivity contribution >= 4 is 21.9 Å². The minimum Gasteiger partial charge on any atom is -0.497 e. The van der Waals surface area contributed by atoms with Crippen LogP contribution in [0.15, 0.2) is 47.5 Å². The van der Waals surface area contributed by atoms with Crippen molar-refractivity contribution in [2.75, 3.05) is 7.11 Å². The summed E-state index contributed by atoms with van der Waals surface area (Å²) >= 11 is 0. The van der Waals surface area contributed by atoms with E-state index in [0.717, 1.165) is 6.20 Å². The normalized spacial score (nSPS) is 11.1. The fraction of sp³-hybridized carbons (Fsp3) is 0.235. The van der Waals surface area contributed by atoms with Gasteiger partial charge < -0.3 is 9.47 Å². The summed E-state index contributed by atoms with van der Waals surface area (Å²) in [4.78, 5) is 27.6. The van der Waals surface area contributed by atoms with Crippen molar-refractivity contribution in [3.8, 4) is 5.75 Å². The van der Waals surface area contributed by atoms with E-state index in [1.54, 1.807) is 13.8 Å². The molecule has 1 heterocycles. The first kappa shape index (κ1) is 19.4. The van der Waals surface area contributed by atoms with Gasteiger partial charge >= 0.3 is 5.97 Å². The number of carbonyl (C=O) groups excluding carboxylic acids is 2. The van der Waals surface area contributed by atoms with Gasteiger partial charge in [0.15, 0.2) is 0 Å². The first-order valence-corrected chi connectivity index (χ1v) is 9.09. The van der Waals surface area contributed by atoms with Crippen molar-refractivity contribution in [3.63, 3.8) is 0 Å². The van der Waals surface area contributed by atoms with Crippen LogP contribution in [0, 0.1) is 0 Å². The molecule has 0 radical (unpaired) electrons. The lowest BCUT2D eigenvalue weighted by Gasteiger charge is -2.09. The van der Waals surface area contributed by atoms with Gasteiger partial charge in [0.1, 0.15) is 11.4 Å². The van der Waals surface area contributed by atoms with E-state index in [2.05, 4.69) is 4.98 Å². The van der Waals surface area contributed by atoms with Gasteiger partial charge in [-0.2, -0.15) is 0 Å². The van der Waals surface area contributed by atoms with Gasteiger partial charge in [-0.3, -0.25) is 4.79 Å². The van der Waals surface area contributed by atoms with Gasteiger partial charge in [0.25, 0.3) is 15.9 Å². The molecule has 1 N–H and O–H groups in total. The molecule has 0 saturated heterocycles. The molecule has 0 aliphatic heterocycles. The molecule has 0 aliphatic carbocycles. The molecule has 0 saturated carbocycles. The summed E-state index contributed by atoms with van der Waals surface area (Å²) in [6.07, 6.45) is 0.803. The molecule has 0 bridgehead atoms. The number of methoxy groups -OCH3 is 1. The third-order valence-corrected chi connectivity index (χ3v) is 4.52. The van der Waals surface area contributed by atoms with Crippen LogP contribution in [0.25, 0.3) is 0 Å². The lowest BCUT2D eigenvalue weighted by Crippen LogP contribution is -2.30. The fourth-order valence-corrected chi connectivity index (χ4v) is 2.89. The van der Waals surface area contributed by atoms with E-state index in [0.29, 0.717) is 5.75 Å². The largest absolute Gasteiger partial charge is 0.497 e. The second kappa shape index (κ2) is 7.96. The second-order valence-corrected chi connectivity index (χ2v) is 7.18. The van der Waals surface area contributed by atoms with Crippen molar-refractivity contribution in [1.82, 2.24) is 9.71 Å². The van der Waals surface area contributed by atoms with Crippen LogP contribution in [0.4, 0.5) is 0 Å². The van der Waals surface area contributed by atoms with E-state index < -0.39 is 21.9 Å². The zero-order valence-corrected chi connectivity index (χ0v) is 15.2. The number of nitrogens with one attached hydrogen (secondary N) is 1. The Kier molecular flexibility index (Phi) is 5.93. The SMILES string of the molecule is COc1ccc(S(=O)(=O)NC(=O)c2ccc(C(=O)OC(C)C)nc2)cc1. The van der Waals surface area contributed by atoms with E-state index in [4.69, 9.17) is 9.47 Å². The Morgan fingerprint density at radius 1 is 1.08 bits per heavy atom. The van der Waals surface area contributed by atoms with Gasteiger partial charge in [0.05, 0.1) is 23.7 Å². The zero-order chi connectivity index (χ0) is 19.3. The maximum absolute atomic E-state index is 12.2. The van der Waals surface area contributed by atoms with E-state index in [9.17, 15) is 18.0 Å². The first-order valence-electron chi connectivity index (χ1n) is 7.61. The number of pyridine rings is 1. The van der Waals surface area contributed by atoms with Gasteiger partial charge in [-0.05, 0) is 50.2 Å². The zero-order valence-electron chi connectivity index (χ0n) is 14.4. The number of carbonyl (C=O) groups is 2. The number of esters is 1. The number of amides is 1. The molecule has 0 unspecified atom stereocenters. The monoisotopic (exact) mass is 378 g/mol. The number of hydrogen-bond donors (Lipinski definition) is 1. The highest BCUT2D eigenvalue weighted by atomic mass is 32.2. The van der Waals surface area contributed by atoms with Crippen LogP contribution < -0.4 is 9.46 Å². The van der Waals surface area contributed by atoms with Crippen molar-refractivity contribution in [3.05, 3.63) is 53.9 Å². The van der Waals surface area contributed by atoms with Gasteiger partial charge in [0.2, 0.25) is 0 Å². The molecule has 0 spiro atoms. The molecule has 0 fully saturated rings. The molecule has 1 aromatic heterocycles. The summed E-state index contributed by atoms with van der Waals surface area (Å²) in [7, 11) is -2.59. The van der Waals surface area contributed by atoms with Crippen LogP contribution in [0.2, 0.25) is 0 Å². The average molecular weight is 378 g/mol. The molecule has 26 heavy (non-hydrogen) atoms. The van der Waals surface area contributed by atoms with Gasteiger partial charge in [-0.25, -0.2) is 22.9 Å². The highest BCUT2D eigenvalue weighted by Gasteiger charge is 2.20. The van der Waals surface area contributed by atoms with E-state index in [-0.39, 0.29) is 22.3 Å². The highest BCUT2D eigenvalue weighted by molar-refractivity contribution is 7.90. The molecular formula is C17H18N2O6S. The van der Waals surface area contributed by atoms with Crippen LogP contribution >= 0.6 is 0 Å². The van der Waals surface area contributed by atoms with Crippen LogP contribution in [-0.4, -0.2) is 38.5 Å². The third-order valence-electron chi connectivity index (χ3n) is 3.17. The van der Waals surface area contributed by atoms with Crippen LogP contribution in [0.3, 0.4) is 0 Å². The van der Waals surface area contributed by atoms with Gasteiger partial charge in [0, 0.05) is 6.20 Å². The summed E-state index contributed by atoms with van der Waals surface area (Å²) in [6.45, 7) is 3.40. The number of rotatable bonds is 6. The minimum absolute atomic E-state index is 0.0109. The Morgan fingerprint density at radius 2 is 1.73 bits per heavy atom. The Hall–Kier alpha value is -2.94. The molecule has 1 amide bonds. The third kappa shape index (κ3) is 4.79. The second-order valence-electron chi connectivity index (χ2n) is 5.50. The van der Waals surface area contributed by atoms with Crippen molar-refractivity contribution in [1.29, 1.82) is 0 Å². The number of aromatic nitrogens is 1. The molecule has 9 heteroatoms. The quantitative estimate of drug-likeness (QED) is 0.763. The number of sulfonamides is 1. The molecule has 0 aliphatic rings. The van der Waals surface area contributed by atoms with Crippen LogP contribution in [0.1, 0.15) is 34.7 Å². The van der Waals surface area contributed by atoms with Crippen molar-refractivity contribution in [2.24, 2.45) is 0 Å². The molecule has 2 rings (SSSR count). The number of nitrogens with zero attached hydrogens (tertiary/aromatic N) is 1. The average Bonchev–Trinajstić information content (AvgIpc) is 2.61. The lowest BCUT2D eigenvalue weighted by atomic mass is 10.2. The maximum Gasteiger partial charge on any atom is 0.357 e. The van der Waals surface area contributed by atoms with E-state index >= 15 is 0 Å². The summed E-state index contributed by atoms with van der Waals surface area (Å²) < 4.78 is 36.4. The van der Waals surface area contributed by atoms with Crippen LogP contribution in [-0.2, 0) is 14.8 Å². The maximum atomic E-state index is 12.2. The van der Waals surface area contributed by atoms with E-state index in [1.165, 1.54) is 43.5 Å². The number of hydrogen-bond acceptors (Lipinski definition) is 7. The molecule has 1 aromatic carbocycles. The van der Waals surface area contributed by atoms with Crippen molar-refractivity contribution < 1.29 is 27.5 Å². The van der Waals surface area contributed by atoms with Crippen molar-refractivity contribution in [2.45, 2.75) is 24.8 Å². The molecule has 138 valence electrons. The minimum atomic E-state index is -4.05. The Balaban J connectivity index is 2.12. The summed E-state index contributed by atoms with van der Waals surface area (Å²) in [6, 6.07) is 8.16. The highest BCUT2D eigenvalue weighted by Crippen LogP contribution is 2.15. The molecule has 8 nitrogen and oxygen atoms in total. The molecular weight excluding hydrogens is 360 g/mol. The Labute approximate surface area is 151 Å². The smallest absolute Gasteiger partial charge is 0.357 e. The molecule has 2 aromatic rings. The summed E-state index contributed by atoms with van der Waals surface area (Å²) in [5.41, 5.74) is 0.0106. The van der Waals surface area contributed by atoms with Gasteiger partial charge in [-0.15, -0.1) is 0 Å². The summed E-state index contributed by atoms with van der Waals surface area (Å²) in [5, 5.41) is 0. The Morgan fingerprint density at radius 3 is 2.23 bits per heavy atom. The predicted octanol–water partition coefficient (Wildman–Crippen LogP) is 1.77. The van der Waals surface area contributed by atoms with Gasteiger partial charge in [-0.1, -0.05) is 0 Å². The topological polar surface area (TPSA) is 112 Å². The summed E-state index contributed by atoms with van der Waals surface area (Å²) in [5.74, 6) is -1.00. The first-order chi connectivity index (χ1) is 12.2. The standard InChI is InChI=1S/C17H18N2O6S/c1-11(2)25-17(21)15-9-4-12(10-18-15)16(20)19-26(22,23)14-7-5-13(24-3)6-8-14/h4-11H,1-3H3,(H,19,20). The Bertz CT molecular complexity index is 890. The fourth-order valence-electron chi connectivity index (χ4n) is 1.92. The molecule has 0 atom stereocenters. The predicted molar refractivity (Wildman–Crippen MR) is 92.4 cm³/mol. The van der Waals surface area contributed by atoms with E-state index in [1.807, 2.05) is 4.72 Å². The lowest BCUT2D eigenvalue weighted by molar-refractivity contribution is 0.0370. The number of benzene rings is 1.